The predicted molar refractivity (Wildman–Crippen MR) is 42.3 cm³/mol. The minimum Gasteiger partial charge on any atom is -0.370 e. The average Bonchev–Trinajstić information content (AvgIpc) is 1.85. The summed E-state index contributed by atoms with van der Waals surface area (Å²) in [7, 11) is 0. The molecule has 0 saturated carbocycles. The van der Waals surface area contributed by atoms with Gasteiger partial charge in [0.05, 0.1) is 6.54 Å². The summed E-state index contributed by atoms with van der Waals surface area (Å²) in [5.74, 6) is -0.0567. The Morgan fingerprint density at radius 3 is 2.27 bits per heavy atom. The van der Waals surface area contributed by atoms with Gasteiger partial charge >= 0.3 is 5.96 Å². The summed E-state index contributed by atoms with van der Waals surface area (Å²) in [5, 5.41) is 0. The van der Waals surface area contributed by atoms with Gasteiger partial charge in [-0.15, -0.1) is 0 Å². The molecule has 11 heavy (non-hydrogen) atoms. The van der Waals surface area contributed by atoms with E-state index in [1.54, 1.807) is 0 Å². The molecule has 0 aliphatic heterocycles. The van der Waals surface area contributed by atoms with Crippen LogP contribution in [-0.4, -0.2) is 18.4 Å². The van der Waals surface area contributed by atoms with E-state index < -0.39 is 0 Å². The molecule has 0 aromatic carbocycles. The fourth-order valence-electron chi connectivity index (χ4n) is 0.657. The maximum Gasteiger partial charge on any atom is 0.338 e. The molecule has 0 aliphatic carbocycles. The molecular formula is C6H15N4O+. The first-order chi connectivity index (χ1) is 5.13. The van der Waals surface area contributed by atoms with Gasteiger partial charge in [-0.3, -0.25) is 21.3 Å². The number of hydrogen-bond acceptors (Lipinski definition) is 1. The van der Waals surface area contributed by atoms with Crippen molar-refractivity contribution in [3.05, 3.63) is 0 Å². The number of rotatable bonds is 5. The molecule has 0 aromatic rings. The maximum absolute atomic E-state index is 10.2. The van der Waals surface area contributed by atoms with E-state index in [0.29, 0.717) is 13.0 Å². The van der Waals surface area contributed by atoms with Crippen molar-refractivity contribution >= 4 is 11.9 Å². The lowest BCUT2D eigenvalue weighted by Crippen LogP contribution is -2.78. The normalized spacial score (nSPS) is 9.09. The summed E-state index contributed by atoms with van der Waals surface area (Å²) < 4.78 is 0. The average molecular weight is 159 g/mol. The molecule has 1 amide bonds. The van der Waals surface area contributed by atoms with Gasteiger partial charge in [0, 0.05) is 6.42 Å². The van der Waals surface area contributed by atoms with Crippen molar-refractivity contribution in [2.45, 2.75) is 19.3 Å². The SMILES string of the molecule is NC(=O)CCCC[NH+]=C(N)N. The largest absolute Gasteiger partial charge is 0.370 e. The molecule has 0 aromatic heterocycles. The Morgan fingerprint density at radius 1 is 1.18 bits per heavy atom. The van der Waals surface area contributed by atoms with Crippen LogP contribution in [0.1, 0.15) is 19.3 Å². The number of unbranched alkanes of at least 4 members (excludes halogenated alkanes) is 1. The van der Waals surface area contributed by atoms with Gasteiger partial charge in [-0.1, -0.05) is 0 Å². The number of primary amides is 1. The quantitative estimate of drug-likeness (QED) is 0.195. The standard InChI is InChI=1S/C6H14N4O/c7-5(11)3-1-2-4-10-6(8)9/h1-4H2,(H2,7,11)(H4,8,9,10)/p+1. The van der Waals surface area contributed by atoms with Gasteiger partial charge in [-0.05, 0) is 12.8 Å². The van der Waals surface area contributed by atoms with E-state index in [0.717, 1.165) is 12.8 Å². The van der Waals surface area contributed by atoms with E-state index in [1.165, 1.54) is 0 Å². The van der Waals surface area contributed by atoms with E-state index in [1.807, 2.05) is 0 Å². The first-order valence-corrected chi connectivity index (χ1v) is 3.53. The van der Waals surface area contributed by atoms with Crippen LogP contribution in [0.15, 0.2) is 0 Å². The Kier molecular flexibility index (Phi) is 4.89. The lowest BCUT2D eigenvalue weighted by atomic mass is 10.2. The van der Waals surface area contributed by atoms with Crippen LogP contribution in [0.4, 0.5) is 0 Å². The third-order valence-corrected chi connectivity index (χ3v) is 1.18. The first-order valence-electron chi connectivity index (χ1n) is 3.53. The number of nitrogens with one attached hydrogen (secondary N) is 1. The van der Waals surface area contributed by atoms with Gasteiger partial charge in [0.25, 0.3) is 0 Å². The number of guanidine groups is 1. The fraction of sp³-hybridized carbons (Fsp3) is 0.667. The van der Waals surface area contributed by atoms with Crippen LogP contribution >= 0.6 is 0 Å². The number of hydrogen-bond donors (Lipinski definition) is 4. The van der Waals surface area contributed by atoms with Crippen molar-refractivity contribution in [1.82, 2.24) is 0 Å². The second kappa shape index (κ2) is 5.52. The van der Waals surface area contributed by atoms with Gasteiger partial charge in [0.15, 0.2) is 0 Å². The zero-order chi connectivity index (χ0) is 8.69. The van der Waals surface area contributed by atoms with Crippen molar-refractivity contribution in [3.63, 3.8) is 0 Å². The molecule has 7 N–H and O–H groups in total. The Labute approximate surface area is 65.6 Å². The zero-order valence-corrected chi connectivity index (χ0v) is 6.47. The molecule has 0 unspecified atom stereocenters. The number of amides is 1. The molecule has 5 nitrogen and oxygen atoms in total. The third-order valence-electron chi connectivity index (χ3n) is 1.18. The van der Waals surface area contributed by atoms with Gasteiger partial charge in [0.2, 0.25) is 5.91 Å². The molecule has 0 heterocycles. The molecule has 0 bridgehead atoms. The molecule has 0 radical (unpaired) electrons. The molecule has 0 rings (SSSR count). The molecule has 0 atom stereocenters. The number of nitrogens with two attached hydrogens (primary N) is 3. The lowest BCUT2D eigenvalue weighted by molar-refractivity contribution is -0.459. The summed E-state index contributed by atoms with van der Waals surface area (Å²) in [6, 6.07) is 0. The van der Waals surface area contributed by atoms with Crippen LogP contribution in [-0.2, 0) is 4.79 Å². The number of carbonyl (C=O) groups excluding carboxylic acids is 1. The second-order valence-corrected chi connectivity index (χ2v) is 2.31. The van der Waals surface area contributed by atoms with Crippen molar-refractivity contribution in [3.8, 4) is 0 Å². The van der Waals surface area contributed by atoms with Crippen molar-refractivity contribution in [2.75, 3.05) is 6.54 Å². The van der Waals surface area contributed by atoms with Gasteiger partial charge in [0.1, 0.15) is 0 Å². The van der Waals surface area contributed by atoms with Gasteiger partial charge in [-0.2, -0.15) is 0 Å². The monoisotopic (exact) mass is 159 g/mol. The summed E-state index contributed by atoms with van der Waals surface area (Å²) in [4.78, 5) is 13.0. The second-order valence-electron chi connectivity index (χ2n) is 2.31. The van der Waals surface area contributed by atoms with Crippen LogP contribution in [0, 0.1) is 0 Å². The van der Waals surface area contributed by atoms with Crippen molar-refractivity contribution < 1.29 is 9.79 Å². The smallest absolute Gasteiger partial charge is 0.338 e. The Morgan fingerprint density at radius 2 is 1.82 bits per heavy atom. The van der Waals surface area contributed by atoms with Crippen LogP contribution < -0.4 is 22.2 Å². The molecule has 0 aliphatic rings. The zero-order valence-electron chi connectivity index (χ0n) is 6.47. The van der Waals surface area contributed by atoms with E-state index in [-0.39, 0.29) is 11.9 Å². The Hall–Kier alpha value is -1.26. The summed E-state index contributed by atoms with van der Waals surface area (Å²) in [6.07, 6.45) is 2.04. The van der Waals surface area contributed by atoms with E-state index in [2.05, 4.69) is 4.99 Å². The Bertz CT molecular complexity index is 151. The van der Waals surface area contributed by atoms with Crippen LogP contribution in [0.3, 0.4) is 0 Å². The fourth-order valence-corrected chi connectivity index (χ4v) is 0.657. The molecule has 0 fully saturated rings. The predicted octanol–water partition coefficient (Wildman–Crippen LogP) is -3.00. The van der Waals surface area contributed by atoms with Gasteiger partial charge < -0.3 is 5.73 Å². The summed E-state index contributed by atoms with van der Waals surface area (Å²) >= 11 is 0. The topological polar surface area (TPSA) is 109 Å². The summed E-state index contributed by atoms with van der Waals surface area (Å²) in [5.41, 5.74) is 15.2. The molecular weight excluding hydrogens is 144 g/mol. The van der Waals surface area contributed by atoms with Gasteiger partial charge in [-0.25, -0.2) is 0 Å². The van der Waals surface area contributed by atoms with Crippen LogP contribution in [0.5, 0.6) is 0 Å². The van der Waals surface area contributed by atoms with E-state index in [4.69, 9.17) is 17.2 Å². The molecule has 5 heteroatoms. The van der Waals surface area contributed by atoms with Crippen LogP contribution in [0.2, 0.25) is 0 Å². The minimum absolute atomic E-state index is 0.212. The third kappa shape index (κ3) is 8.74. The summed E-state index contributed by atoms with van der Waals surface area (Å²) in [6.45, 7) is 0.690. The Balaban J connectivity index is 3.15. The lowest BCUT2D eigenvalue weighted by Gasteiger charge is -1.92. The van der Waals surface area contributed by atoms with E-state index in [9.17, 15) is 4.79 Å². The highest BCUT2D eigenvalue weighted by molar-refractivity contribution is 5.73. The van der Waals surface area contributed by atoms with E-state index >= 15 is 0 Å². The highest BCUT2D eigenvalue weighted by Gasteiger charge is 1.93. The molecule has 0 saturated heterocycles. The highest BCUT2D eigenvalue weighted by Crippen LogP contribution is 1.89. The van der Waals surface area contributed by atoms with Crippen molar-refractivity contribution in [1.29, 1.82) is 0 Å². The highest BCUT2D eigenvalue weighted by atomic mass is 16.1. The first kappa shape index (κ1) is 9.74. The van der Waals surface area contributed by atoms with Crippen molar-refractivity contribution in [2.24, 2.45) is 17.2 Å². The maximum atomic E-state index is 10.2. The van der Waals surface area contributed by atoms with Crippen LogP contribution in [0.25, 0.3) is 0 Å². The molecule has 64 valence electrons. The molecule has 0 spiro atoms. The number of carbonyl (C=O) groups is 1. The minimum atomic E-state index is -0.269.